The van der Waals surface area contributed by atoms with Crippen LogP contribution in [0.1, 0.15) is 96.1 Å². The van der Waals surface area contributed by atoms with Gasteiger partial charge in [0.25, 0.3) is 0 Å². The molecule has 2 aromatic rings. The van der Waals surface area contributed by atoms with E-state index in [0.29, 0.717) is 23.3 Å². The summed E-state index contributed by atoms with van der Waals surface area (Å²) in [5, 5.41) is 42.5. The minimum absolute atomic E-state index is 0.00355. The molecule has 3 aliphatic heterocycles. The van der Waals surface area contributed by atoms with E-state index < -0.39 is 157 Å². The molecule has 13 amide bonds. The number of aliphatic carboxylic acids is 1. The number of rotatable bonds is 32. The zero-order valence-corrected chi connectivity index (χ0v) is 49.7. The van der Waals surface area contributed by atoms with E-state index in [-0.39, 0.29) is 88.5 Å². The summed E-state index contributed by atoms with van der Waals surface area (Å²) in [6.45, 7) is 4.28. The van der Waals surface area contributed by atoms with Crippen LogP contribution in [0.25, 0.3) is 0 Å². The first-order valence-corrected chi connectivity index (χ1v) is 30.0. The number of carbonyl (C=O) groups is 14. The van der Waals surface area contributed by atoms with E-state index in [9.17, 15) is 77.3 Å². The number of hydrogen-bond donors (Lipinski definition) is 13. The minimum atomic E-state index is -1.75. The molecule has 474 valence electrons. The molecule has 0 radical (unpaired) electrons. The summed E-state index contributed by atoms with van der Waals surface area (Å²) in [5.41, 5.74) is 12.0. The third-order valence-electron chi connectivity index (χ3n) is 14.7. The molecule has 0 aliphatic carbocycles. The first-order valence-electron chi connectivity index (χ1n) is 28.6. The molecule has 0 saturated carbocycles. The maximum Gasteiger partial charge on any atom is 0.305 e. The Kier molecular flexibility index (Phi) is 26.3. The fourth-order valence-corrected chi connectivity index (χ4v) is 10.7. The Morgan fingerprint density at radius 2 is 1.18 bits per heavy atom. The van der Waals surface area contributed by atoms with Crippen LogP contribution in [0, 0.1) is 5.92 Å². The van der Waals surface area contributed by atoms with Crippen LogP contribution in [-0.4, -0.2) is 195 Å². The van der Waals surface area contributed by atoms with Gasteiger partial charge < -0.3 is 79.3 Å². The smallest absolute Gasteiger partial charge is 0.305 e. The second kappa shape index (κ2) is 33.2. The van der Waals surface area contributed by atoms with Gasteiger partial charge in [-0.2, -0.15) is 11.8 Å². The van der Waals surface area contributed by atoms with Gasteiger partial charge in [0.15, 0.2) is 0 Å². The van der Waals surface area contributed by atoms with Crippen molar-refractivity contribution in [2.45, 2.75) is 158 Å². The Labute approximate surface area is 506 Å². The van der Waals surface area contributed by atoms with Gasteiger partial charge in [0.2, 0.25) is 76.8 Å². The highest BCUT2D eigenvalue weighted by Gasteiger charge is 2.44. The van der Waals surface area contributed by atoms with Gasteiger partial charge in [-0.1, -0.05) is 56.3 Å². The normalized spacial score (nSPS) is 18.7. The summed E-state index contributed by atoms with van der Waals surface area (Å²) < 4.78 is 0. The lowest BCUT2D eigenvalue weighted by Crippen LogP contribution is -2.60. The topological polar surface area (TPSA) is 446 Å². The van der Waals surface area contributed by atoms with Crippen molar-refractivity contribution < 1.29 is 77.3 Å². The van der Waals surface area contributed by atoms with Crippen molar-refractivity contribution in [2.75, 3.05) is 31.6 Å². The molecular formula is C57H79N13O16S. The first-order chi connectivity index (χ1) is 41.2. The number of amides is 13. The summed E-state index contributed by atoms with van der Waals surface area (Å²) >= 11 is 1.44. The summed E-state index contributed by atoms with van der Waals surface area (Å²) in [6.07, 6.45) is 1.33. The summed E-state index contributed by atoms with van der Waals surface area (Å²) in [4.78, 5) is 189. The van der Waals surface area contributed by atoms with E-state index in [2.05, 4.69) is 47.9 Å². The minimum Gasteiger partial charge on any atom is -0.508 e. The zero-order valence-electron chi connectivity index (χ0n) is 48.9. The third-order valence-corrected chi connectivity index (χ3v) is 15.4. The molecular weight excluding hydrogens is 1150 g/mol. The number of nitrogens with one attached hydrogen (secondary N) is 9. The Balaban J connectivity index is 1.27. The zero-order chi connectivity index (χ0) is 64.1. The second-order valence-corrected chi connectivity index (χ2v) is 23.0. The number of carbonyl (C=O) groups excluding carboxylic acids is 13. The maximum absolute atomic E-state index is 14.4. The van der Waals surface area contributed by atoms with E-state index in [1.54, 1.807) is 30.3 Å². The van der Waals surface area contributed by atoms with Crippen LogP contribution in [0.5, 0.6) is 5.75 Å². The predicted octanol–water partition coefficient (Wildman–Crippen LogP) is -3.40. The van der Waals surface area contributed by atoms with Crippen LogP contribution < -0.4 is 59.3 Å². The van der Waals surface area contributed by atoms with E-state index in [4.69, 9.17) is 11.5 Å². The van der Waals surface area contributed by atoms with Crippen molar-refractivity contribution in [1.82, 2.24) is 57.7 Å². The van der Waals surface area contributed by atoms with Gasteiger partial charge in [-0.15, -0.1) is 0 Å². The van der Waals surface area contributed by atoms with Crippen molar-refractivity contribution in [1.29, 1.82) is 0 Å². The number of benzene rings is 2. The lowest BCUT2D eigenvalue weighted by atomic mass is 10.0. The van der Waals surface area contributed by atoms with Crippen LogP contribution in [-0.2, 0) is 80.0 Å². The van der Waals surface area contributed by atoms with Crippen molar-refractivity contribution in [2.24, 2.45) is 17.4 Å². The number of hydrogen-bond acceptors (Lipinski definition) is 16. The maximum atomic E-state index is 14.4. The highest BCUT2D eigenvalue weighted by molar-refractivity contribution is 7.98. The number of carboxylic acid groups (broad SMARTS) is 1. The van der Waals surface area contributed by atoms with Crippen LogP contribution in [0.3, 0.4) is 0 Å². The molecule has 3 aliphatic rings. The van der Waals surface area contributed by atoms with Crippen molar-refractivity contribution >= 4 is 94.5 Å². The number of primary amides is 2. The van der Waals surface area contributed by atoms with Gasteiger partial charge in [-0.25, -0.2) is 0 Å². The molecule has 0 unspecified atom stereocenters. The Morgan fingerprint density at radius 1 is 0.632 bits per heavy atom. The summed E-state index contributed by atoms with van der Waals surface area (Å²) in [5.74, 6) is -11.8. The number of nitrogens with two attached hydrogens (primary N) is 2. The van der Waals surface area contributed by atoms with Crippen LogP contribution in [0.15, 0.2) is 54.6 Å². The van der Waals surface area contributed by atoms with Gasteiger partial charge in [0.1, 0.15) is 66.2 Å². The molecule has 5 rings (SSSR count). The third kappa shape index (κ3) is 21.3. The summed E-state index contributed by atoms with van der Waals surface area (Å²) in [6, 6.07) is 0.814. The molecule has 0 spiro atoms. The number of likely N-dealkylation sites (tertiary alicyclic amines) is 2. The molecule has 3 heterocycles. The number of nitrogens with zero attached hydrogens (tertiary/aromatic N) is 2. The van der Waals surface area contributed by atoms with Crippen molar-refractivity contribution in [3.63, 3.8) is 0 Å². The van der Waals surface area contributed by atoms with Gasteiger partial charge >= 0.3 is 5.97 Å². The van der Waals surface area contributed by atoms with Crippen molar-refractivity contribution in [3.8, 4) is 5.75 Å². The highest BCUT2D eigenvalue weighted by atomic mass is 32.2. The highest BCUT2D eigenvalue weighted by Crippen LogP contribution is 2.24. The number of phenolic OH excluding ortho intramolecular Hbond substituents is 1. The van der Waals surface area contributed by atoms with E-state index in [0.717, 1.165) is 4.90 Å². The Morgan fingerprint density at radius 3 is 1.76 bits per heavy atom. The van der Waals surface area contributed by atoms with Gasteiger partial charge in [-0.05, 0) is 93.1 Å². The van der Waals surface area contributed by atoms with Crippen molar-refractivity contribution in [3.05, 3.63) is 65.7 Å². The van der Waals surface area contributed by atoms with Crippen LogP contribution in [0.2, 0.25) is 0 Å². The van der Waals surface area contributed by atoms with Gasteiger partial charge in [-0.3, -0.25) is 67.1 Å². The number of thioether (sulfide) groups is 1. The standard InChI is InChI=1S/C57H79N13O16S/c1-30(2)24-37(52(81)64-35(48(59)77)20-23-87-4)63-46(74)29-60-50(79)38(26-33-14-16-34(71)17-15-33)66-53(82)39(25-32-10-6-5-7-11-32)65-49(78)31(3)61-51(80)40(27-44(58)72)67-54(83)42-12-9-22-70(42)57(86)41(28-47(75)76)68-55(84)43-13-8-21-69(43)56(85)36-18-19-45(73)62-36/h5-7,10-11,14-17,30-31,35-43,71H,8-9,12-13,18-29H2,1-4H3,(H2,58,72)(H2,59,77)(H,60,79)(H,61,80)(H,62,73)(H,63,74)(H,64,81)(H,65,78)(H,66,82)(H,67,83)(H,68,84)(H,75,76)/t31-,35-,36-,37-,38-,39-,40-,41-,42-,43-/m0/s1. The monoisotopic (exact) mass is 1230 g/mol. The lowest BCUT2D eigenvalue weighted by Gasteiger charge is -2.31. The number of aromatic hydroxyl groups is 1. The summed E-state index contributed by atoms with van der Waals surface area (Å²) in [7, 11) is 0. The fraction of sp³-hybridized carbons (Fsp3) is 0.544. The molecule has 29 nitrogen and oxygen atoms in total. The molecule has 0 bridgehead atoms. The molecule has 10 atom stereocenters. The lowest BCUT2D eigenvalue weighted by molar-refractivity contribution is -0.147. The fourth-order valence-electron chi connectivity index (χ4n) is 10.2. The molecule has 3 fully saturated rings. The predicted molar refractivity (Wildman–Crippen MR) is 313 cm³/mol. The van der Waals surface area contributed by atoms with Gasteiger partial charge in [0.05, 0.1) is 19.4 Å². The van der Waals surface area contributed by atoms with Crippen LogP contribution >= 0.6 is 11.8 Å². The SMILES string of the molecule is CSCC[C@H](NC(=O)[C@H](CC(C)C)NC(=O)CNC(=O)[C@H](Cc1ccc(O)cc1)NC(=O)[C@H](Cc1ccccc1)NC(=O)[C@H](C)NC(=O)[C@H](CC(N)=O)NC(=O)[C@@H]1CCCN1C(=O)[C@H](CC(=O)O)NC(=O)[C@@H]1CCCN1C(=O)[C@@H]1CCC(=O)N1)C(N)=O. The van der Waals surface area contributed by atoms with Crippen LogP contribution in [0.4, 0.5) is 0 Å². The largest absolute Gasteiger partial charge is 0.508 e. The van der Waals surface area contributed by atoms with Gasteiger partial charge in [0, 0.05) is 32.4 Å². The van der Waals surface area contributed by atoms with E-state index >= 15 is 0 Å². The average molecular weight is 1230 g/mol. The second-order valence-electron chi connectivity index (χ2n) is 22.1. The molecule has 15 N–H and O–H groups in total. The molecule has 30 heteroatoms. The Bertz CT molecular complexity index is 2860. The number of carboxylic acids is 1. The molecule has 0 aromatic heterocycles. The number of phenols is 1. The molecule has 87 heavy (non-hydrogen) atoms. The molecule has 2 aromatic carbocycles. The quantitative estimate of drug-likeness (QED) is 0.0340. The average Bonchev–Trinajstić information content (AvgIpc) is 2.95. The van der Waals surface area contributed by atoms with E-state index in [1.165, 1.54) is 47.9 Å². The Hall–Kier alpha value is -8.83. The van der Waals surface area contributed by atoms with E-state index in [1.807, 2.05) is 20.1 Å². The first kappa shape index (κ1) is 68.9. The molecule has 3 saturated heterocycles.